The fourth-order valence-electron chi connectivity index (χ4n) is 3.39. The van der Waals surface area contributed by atoms with Gasteiger partial charge in [-0.2, -0.15) is 0 Å². The maximum atomic E-state index is 8.89. The molecule has 1 unspecified atom stereocenters. The Hall–Kier alpha value is -1.22. The third-order valence-corrected chi connectivity index (χ3v) is 5.71. The molecule has 3 heterocycles. The molecule has 2 aliphatic rings. The second kappa shape index (κ2) is 7.80. The summed E-state index contributed by atoms with van der Waals surface area (Å²) < 4.78 is 12.1. The molecule has 144 valence electrons. The smallest absolute Gasteiger partial charge is 0.399 e. The Morgan fingerprint density at radius 3 is 2.50 bits per heavy atom. The second-order valence-electron chi connectivity index (χ2n) is 8.29. The van der Waals surface area contributed by atoms with Crippen molar-refractivity contribution in [3.8, 4) is 0 Å². The highest BCUT2D eigenvalue weighted by Crippen LogP contribution is 2.36. The fraction of sp³-hybridized carbons (Fsp3) is 0.778. The summed E-state index contributed by atoms with van der Waals surface area (Å²) in [5.74, 6) is 1.32. The average molecular weight is 362 g/mol. The highest BCUT2D eigenvalue weighted by atomic mass is 16.7. The largest absolute Gasteiger partial charge is 0.498 e. The van der Waals surface area contributed by atoms with Gasteiger partial charge in [-0.15, -0.1) is 0 Å². The first-order valence-corrected chi connectivity index (χ1v) is 9.56. The standard InChI is InChI=1S/C18H31BN4O3/c1-17(2)18(3,4)26-19(25-17)15-11-21-16(22-12-15)23-8-5-6-14(13-23)10-20-7-9-24/h11-12,14,20,24H,5-10,13H2,1-4H3. The van der Waals surface area contributed by atoms with Gasteiger partial charge in [-0.1, -0.05) is 0 Å². The number of hydrogen-bond acceptors (Lipinski definition) is 7. The van der Waals surface area contributed by atoms with Crippen LogP contribution in [0.5, 0.6) is 0 Å². The van der Waals surface area contributed by atoms with E-state index in [9.17, 15) is 0 Å². The summed E-state index contributed by atoms with van der Waals surface area (Å²) in [6.45, 7) is 11.8. The first-order valence-electron chi connectivity index (χ1n) is 9.56. The van der Waals surface area contributed by atoms with E-state index in [0.717, 1.165) is 37.5 Å². The Kier molecular flexibility index (Phi) is 5.86. The van der Waals surface area contributed by atoms with Crippen molar-refractivity contribution in [1.82, 2.24) is 15.3 Å². The van der Waals surface area contributed by atoms with Crippen LogP contribution in [-0.4, -0.2) is 66.2 Å². The average Bonchev–Trinajstić information content (AvgIpc) is 2.83. The van der Waals surface area contributed by atoms with Gasteiger partial charge in [0.1, 0.15) is 0 Å². The zero-order chi connectivity index (χ0) is 18.8. The van der Waals surface area contributed by atoms with Crippen molar-refractivity contribution >= 4 is 18.5 Å². The van der Waals surface area contributed by atoms with E-state index in [1.54, 1.807) is 0 Å². The number of piperidine rings is 1. The van der Waals surface area contributed by atoms with E-state index in [4.69, 9.17) is 14.4 Å². The molecule has 2 N–H and O–H groups in total. The predicted octanol–water partition coefficient (Wildman–Crippen LogP) is 0.574. The van der Waals surface area contributed by atoms with Crippen LogP contribution >= 0.6 is 0 Å². The zero-order valence-electron chi connectivity index (χ0n) is 16.4. The molecule has 8 heteroatoms. The first-order chi connectivity index (χ1) is 12.3. The van der Waals surface area contributed by atoms with Crippen molar-refractivity contribution in [2.24, 2.45) is 5.92 Å². The van der Waals surface area contributed by atoms with E-state index in [2.05, 4.69) is 20.2 Å². The highest BCUT2D eigenvalue weighted by molar-refractivity contribution is 6.61. The number of hydrogen-bond donors (Lipinski definition) is 2. The van der Waals surface area contributed by atoms with Gasteiger partial charge >= 0.3 is 7.12 Å². The minimum atomic E-state index is -0.425. The van der Waals surface area contributed by atoms with E-state index < -0.39 is 7.12 Å². The van der Waals surface area contributed by atoms with Crippen LogP contribution in [0.3, 0.4) is 0 Å². The van der Waals surface area contributed by atoms with Crippen LogP contribution in [0, 0.1) is 5.92 Å². The van der Waals surface area contributed by atoms with Crippen molar-refractivity contribution in [3.63, 3.8) is 0 Å². The molecule has 1 aromatic rings. The molecule has 2 saturated heterocycles. The Bertz CT molecular complexity index is 581. The van der Waals surface area contributed by atoms with Crippen molar-refractivity contribution in [3.05, 3.63) is 12.4 Å². The van der Waals surface area contributed by atoms with Crippen LogP contribution in [0.25, 0.3) is 0 Å². The van der Waals surface area contributed by atoms with E-state index in [1.807, 2.05) is 40.1 Å². The van der Waals surface area contributed by atoms with Crippen molar-refractivity contribution in [1.29, 1.82) is 0 Å². The van der Waals surface area contributed by atoms with Crippen LogP contribution in [-0.2, 0) is 9.31 Å². The van der Waals surface area contributed by atoms with E-state index in [1.165, 1.54) is 6.42 Å². The van der Waals surface area contributed by atoms with Gasteiger partial charge in [-0.25, -0.2) is 9.97 Å². The number of anilines is 1. The first kappa shape index (κ1) is 19.5. The van der Waals surface area contributed by atoms with Crippen LogP contribution < -0.4 is 15.7 Å². The van der Waals surface area contributed by atoms with Crippen LogP contribution in [0.15, 0.2) is 12.4 Å². The second-order valence-corrected chi connectivity index (χ2v) is 8.29. The quantitative estimate of drug-likeness (QED) is 0.566. The van der Waals surface area contributed by atoms with E-state index >= 15 is 0 Å². The van der Waals surface area contributed by atoms with E-state index in [0.29, 0.717) is 12.5 Å². The number of nitrogens with one attached hydrogen (secondary N) is 1. The third-order valence-electron chi connectivity index (χ3n) is 5.71. The molecule has 2 fully saturated rings. The van der Waals surface area contributed by atoms with Gasteiger partial charge in [0.2, 0.25) is 5.95 Å². The summed E-state index contributed by atoms with van der Waals surface area (Å²) in [6, 6.07) is 0. The topological polar surface area (TPSA) is 79.7 Å². The van der Waals surface area contributed by atoms with E-state index in [-0.39, 0.29) is 17.8 Å². The summed E-state index contributed by atoms with van der Waals surface area (Å²) in [5.41, 5.74) is 0.126. The summed E-state index contributed by atoms with van der Waals surface area (Å²) in [4.78, 5) is 11.4. The Morgan fingerprint density at radius 1 is 1.23 bits per heavy atom. The zero-order valence-corrected chi connectivity index (χ0v) is 16.4. The molecule has 0 aliphatic carbocycles. The number of aliphatic hydroxyl groups excluding tert-OH is 1. The fourth-order valence-corrected chi connectivity index (χ4v) is 3.39. The molecule has 1 aromatic heterocycles. The molecule has 3 rings (SSSR count). The Labute approximate surface area is 156 Å². The third kappa shape index (κ3) is 4.19. The van der Waals surface area contributed by atoms with Crippen molar-refractivity contribution in [2.75, 3.05) is 37.7 Å². The molecule has 1 atom stereocenters. The van der Waals surface area contributed by atoms with Crippen molar-refractivity contribution < 1.29 is 14.4 Å². The lowest BCUT2D eigenvalue weighted by Gasteiger charge is -2.32. The summed E-state index contributed by atoms with van der Waals surface area (Å²) in [7, 11) is -0.425. The Morgan fingerprint density at radius 2 is 1.88 bits per heavy atom. The lowest BCUT2D eigenvalue weighted by molar-refractivity contribution is 0.00578. The lowest BCUT2D eigenvalue weighted by atomic mass is 9.81. The lowest BCUT2D eigenvalue weighted by Crippen LogP contribution is -2.41. The molecule has 0 spiro atoms. The summed E-state index contributed by atoms with van der Waals surface area (Å²) in [5, 5.41) is 12.2. The molecule has 0 saturated carbocycles. The summed E-state index contributed by atoms with van der Waals surface area (Å²) >= 11 is 0. The molecule has 0 amide bonds. The number of nitrogens with zero attached hydrogens (tertiary/aromatic N) is 3. The normalized spacial score (nSPS) is 24.9. The molecular weight excluding hydrogens is 331 g/mol. The maximum Gasteiger partial charge on any atom is 0.498 e. The number of aromatic nitrogens is 2. The van der Waals surface area contributed by atoms with Crippen LogP contribution in [0.2, 0.25) is 0 Å². The van der Waals surface area contributed by atoms with Gasteiger partial charge in [-0.3, -0.25) is 0 Å². The Balaban J connectivity index is 1.61. The molecule has 0 bridgehead atoms. The minimum absolute atomic E-state index is 0.180. The molecule has 2 aliphatic heterocycles. The minimum Gasteiger partial charge on any atom is -0.399 e. The van der Waals surface area contributed by atoms with Gasteiger partial charge in [0, 0.05) is 37.5 Å². The van der Waals surface area contributed by atoms with Crippen molar-refractivity contribution in [2.45, 2.75) is 51.7 Å². The molecule has 7 nitrogen and oxygen atoms in total. The maximum absolute atomic E-state index is 8.89. The number of rotatable bonds is 6. The highest BCUT2D eigenvalue weighted by Gasteiger charge is 2.52. The molecule has 26 heavy (non-hydrogen) atoms. The van der Waals surface area contributed by atoms with Crippen LogP contribution in [0.1, 0.15) is 40.5 Å². The SMILES string of the molecule is CC1(C)OB(c2cnc(N3CCCC(CNCCO)C3)nc2)OC1(C)C. The van der Waals surface area contributed by atoms with Gasteiger partial charge in [0.25, 0.3) is 0 Å². The van der Waals surface area contributed by atoms with Gasteiger partial charge in [0.15, 0.2) is 0 Å². The monoisotopic (exact) mass is 362 g/mol. The predicted molar refractivity (Wildman–Crippen MR) is 103 cm³/mol. The molecule has 0 aromatic carbocycles. The van der Waals surface area contributed by atoms with Crippen LogP contribution in [0.4, 0.5) is 5.95 Å². The summed E-state index contributed by atoms with van der Waals surface area (Å²) in [6.07, 6.45) is 5.96. The number of aliphatic hydroxyl groups is 1. The van der Waals surface area contributed by atoms with Gasteiger partial charge in [0.05, 0.1) is 17.8 Å². The van der Waals surface area contributed by atoms with Gasteiger partial charge in [-0.05, 0) is 53.0 Å². The molecular formula is C18H31BN4O3. The van der Waals surface area contributed by atoms with Gasteiger partial charge < -0.3 is 24.6 Å². The molecule has 0 radical (unpaired) electrons.